The van der Waals surface area contributed by atoms with Crippen molar-refractivity contribution in [3.63, 3.8) is 0 Å². The van der Waals surface area contributed by atoms with E-state index in [1.807, 2.05) is 13.8 Å². The van der Waals surface area contributed by atoms with E-state index in [0.717, 1.165) is 19.3 Å². The number of hydrogen-bond acceptors (Lipinski definition) is 1. The quantitative estimate of drug-likeness (QED) is 0.777. The number of unbranched alkanes of at least 4 members (excludes halogenated alkanes) is 1. The fraction of sp³-hybridized carbons (Fsp3) is 0.647. The van der Waals surface area contributed by atoms with E-state index < -0.39 is 5.60 Å². The van der Waals surface area contributed by atoms with Crippen molar-refractivity contribution in [1.29, 1.82) is 0 Å². The molecule has 1 heteroatoms. The number of fused-ring (bicyclic) bond motifs is 1. The summed E-state index contributed by atoms with van der Waals surface area (Å²) >= 11 is 0. The summed E-state index contributed by atoms with van der Waals surface area (Å²) in [4.78, 5) is 0. The lowest BCUT2D eigenvalue weighted by molar-refractivity contribution is 0.0682. The lowest BCUT2D eigenvalue weighted by Gasteiger charge is -2.18. The van der Waals surface area contributed by atoms with Crippen LogP contribution in [0, 0.1) is 0 Å². The summed E-state index contributed by atoms with van der Waals surface area (Å²) in [5.74, 6) is 0. The van der Waals surface area contributed by atoms with Gasteiger partial charge >= 0.3 is 0 Å². The van der Waals surface area contributed by atoms with Gasteiger partial charge in [-0.15, -0.1) is 0 Å². The summed E-state index contributed by atoms with van der Waals surface area (Å²) in [6.07, 6.45) is 9.61. The summed E-state index contributed by atoms with van der Waals surface area (Å²) in [5, 5.41) is 9.67. The molecule has 0 spiro atoms. The molecule has 1 aromatic carbocycles. The Bertz CT molecular complexity index is 387. The van der Waals surface area contributed by atoms with Gasteiger partial charge in [0.1, 0.15) is 0 Å². The van der Waals surface area contributed by atoms with Crippen LogP contribution in [0.4, 0.5) is 0 Å². The predicted molar refractivity (Wildman–Crippen MR) is 76.9 cm³/mol. The van der Waals surface area contributed by atoms with Crippen molar-refractivity contribution in [3.05, 3.63) is 34.9 Å². The zero-order valence-corrected chi connectivity index (χ0v) is 11.8. The molecular weight excluding hydrogens is 220 g/mol. The van der Waals surface area contributed by atoms with Crippen molar-refractivity contribution >= 4 is 0 Å². The van der Waals surface area contributed by atoms with Gasteiger partial charge < -0.3 is 5.11 Å². The second-order valence-corrected chi connectivity index (χ2v) is 6.33. The van der Waals surface area contributed by atoms with Gasteiger partial charge in [0.05, 0.1) is 5.60 Å². The first kappa shape index (κ1) is 13.6. The zero-order valence-electron chi connectivity index (χ0n) is 11.8. The van der Waals surface area contributed by atoms with Gasteiger partial charge in [0, 0.05) is 0 Å². The molecule has 0 aromatic heterocycles. The third-order valence-corrected chi connectivity index (χ3v) is 3.92. The molecule has 1 aliphatic rings. The molecule has 0 aliphatic heterocycles. The maximum Gasteiger partial charge on any atom is 0.0591 e. The normalized spacial score (nSPS) is 15.5. The molecule has 0 bridgehead atoms. The van der Waals surface area contributed by atoms with Crippen LogP contribution >= 0.6 is 0 Å². The Labute approximate surface area is 111 Å². The van der Waals surface area contributed by atoms with Gasteiger partial charge in [-0.25, -0.2) is 0 Å². The highest BCUT2D eigenvalue weighted by molar-refractivity contribution is 5.33. The monoisotopic (exact) mass is 246 g/mol. The van der Waals surface area contributed by atoms with Gasteiger partial charge in [-0.1, -0.05) is 24.6 Å². The van der Waals surface area contributed by atoms with E-state index in [4.69, 9.17) is 0 Å². The highest BCUT2D eigenvalue weighted by Gasteiger charge is 2.12. The SMILES string of the molecule is CC(C)(O)CCCCc1ccc2c(c1)CCCC2. The van der Waals surface area contributed by atoms with Crippen molar-refractivity contribution in [2.45, 2.75) is 70.8 Å². The molecule has 2 rings (SSSR count). The van der Waals surface area contributed by atoms with Crippen molar-refractivity contribution < 1.29 is 5.11 Å². The first-order chi connectivity index (χ1) is 8.54. The fourth-order valence-electron chi connectivity index (χ4n) is 2.83. The van der Waals surface area contributed by atoms with E-state index in [9.17, 15) is 5.11 Å². The topological polar surface area (TPSA) is 20.2 Å². The summed E-state index contributed by atoms with van der Waals surface area (Å²) in [5.41, 5.74) is 4.13. The van der Waals surface area contributed by atoms with Gasteiger partial charge in [-0.2, -0.15) is 0 Å². The van der Waals surface area contributed by atoms with Gasteiger partial charge in [0.25, 0.3) is 0 Å². The minimum atomic E-state index is -0.504. The molecule has 0 atom stereocenters. The number of aliphatic hydroxyl groups is 1. The van der Waals surface area contributed by atoms with Crippen molar-refractivity contribution in [2.24, 2.45) is 0 Å². The summed E-state index contributed by atoms with van der Waals surface area (Å²) < 4.78 is 0. The Morgan fingerprint density at radius 3 is 2.50 bits per heavy atom. The number of benzene rings is 1. The smallest absolute Gasteiger partial charge is 0.0591 e. The standard InChI is InChI=1S/C17H26O/c1-17(2,18)12-6-5-7-14-10-11-15-8-3-4-9-16(15)13-14/h10-11,13,18H,3-9,12H2,1-2H3. The molecule has 0 saturated heterocycles. The molecule has 0 fully saturated rings. The van der Waals surface area contributed by atoms with Crippen molar-refractivity contribution in [2.75, 3.05) is 0 Å². The summed E-state index contributed by atoms with van der Waals surface area (Å²) in [6.45, 7) is 3.79. The van der Waals surface area contributed by atoms with Crippen LogP contribution in [0.1, 0.15) is 62.6 Å². The lowest BCUT2D eigenvalue weighted by Crippen LogP contribution is -2.17. The van der Waals surface area contributed by atoms with E-state index in [2.05, 4.69) is 18.2 Å². The van der Waals surface area contributed by atoms with E-state index in [1.54, 1.807) is 11.1 Å². The van der Waals surface area contributed by atoms with E-state index in [-0.39, 0.29) is 0 Å². The predicted octanol–water partition coefficient (Wildman–Crippen LogP) is 4.05. The van der Waals surface area contributed by atoms with Gasteiger partial charge in [0.15, 0.2) is 0 Å². The first-order valence-corrected chi connectivity index (χ1v) is 7.38. The highest BCUT2D eigenvalue weighted by Crippen LogP contribution is 2.23. The molecule has 0 radical (unpaired) electrons. The Hall–Kier alpha value is -0.820. The molecule has 0 amide bonds. The molecule has 1 nitrogen and oxygen atoms in total. The first-order valence-electron chi connectivity index (χ1n) is 7.38. The molecular formula is C17H26O. The van der Waals surface area contributed by atoms with Crippen LogP contribution in [0.15, 0.2) is 18.2 Å². The van der Waals surface area contributed by atoms with Crippen LogP contribution in [0.2, 0.25) is 0 Å². The number of hydrogen-bond donors (Lipinski definition) is 1. The number of aryl methyl sites for hydroxylation is 3. The van der Waals surface area contributed by atoms with Crippen molar-refractivity contribution in [1.82, 2.24) is 0 Å². The minimum absolute atomic E-state index is 0.504. The van der Waals surface area contributed by atoms with Crippen LogP contribution < -0.4 is 0 Å². The molecule has 18 heavy (non-hydrogen) atoms. The summed E-state index contributed by atoms with van der Waals surface area (Å²) in [7, 11) is 0. The van der Waals surface area contributed by atoms with Crippen LogP contribution in [-0.4, -0.2) is 10.7 Å². The van der Waals surface area contributed by atoms with Crippen LogP contribution in [0.3, 0.4) is 0 Å². The van der Waals surface area contributed by atoms with E-state index in [0.29, 0.717) is 0 Å². The second kappa shape index (κ2) is 5.88. The third-order valence-electron chi connectivity index (χ3n) is 3.92. The Morgan fingerprint density at radius 2 is 1.78 bits per heavy atom. The van der Waals surface area contributed by atoms with Crippen LogP contribution in [-0.2, 0) is 19.3 Å². The third kappa shape index (κ3) is 4.13. The highest BCUT2D eigenvalue weighted by atomic mass is 16.3. The molecule has 0 unspecified atom stereocenters. The van der Waals surface area contributed by atoms with Gasteiger partial charge in [-0.3, -0.25) is 0 Å². The van der Waals surface area contributed by atoms with Gasteiger partial charge in [0.2, 0.25) is 0 Å². The average molecular weight is 246 g/mol. The second-order valence-electron chi connectivity index (χ2n) is 6.33. The van der Waals surface area contributed by atoms with E-state index in [1.165, 1.54) is 37.7 Å². The molecule has 0 saturated carbocycles. The fourth-order valence-corrected chi connectivity index (χ4v) is 2.83. The maximum atomic E-state index is 9.67. The lowest BCUT2D eigenvalue weighted by atomic mass is 9.89. The Balaban J connectivity index is 1.83. The van der Waals surface area contributed by atoms with Crippen molar-refractivity contribution in [3.8, 4) is 0 Å². The largest absolute Gasteiger partial charge is 0.390 e. The van der Waals surface area contributed by atoms with Crippen LogP contribution in [0.25, 0.3) is 0 Å². The summed E-state index contributed by atoms with van der Waals surface area (Å²) in [6, 6.07) is 7.05. The molecule has 1 N–H and O–H groups in total. The molecule has 1 aliphatic carbocycles. The van der Waals surface area contributed by atoms with Crippen LogP contribution in [0.5, 0.6) is 0 Å². The average Bonchev–Trinajstić information content (AvgIpc) is 2.33. The maximum absolute atomic E-state index is 9.67. The molecule has 1 aromatic rings. The zero-order chi connectivity index (χ0) is 13.0. The van der Waals surface area contributed by atoms with E-state index >= 15 is 0 Å². The molecule has 0 heterocycles. The van der Waals surface area contributed by atoms with Gasteiger partial charge in [-0.05, 0) is 75.5 Å². The molecule has 100 valence electrons. The minimum Gasteiger partial charge on any atom is -0.390 e. The Kier molecular flexibility index (Phi) is 4.45. The number of rotatable bonds is 5. The Morgan fingerprint density at radius 1 is 1.06 bits per heavy atom.